The van der Waals surface area contributed by atoms with E-state index in [0.29, 0.717) is 24.6 Å². The van der Waals surface area contributed by atoms with Gasteiger partial charge in [-0.3, -0.25) is 4.79 Å². The van der Waals surface area contributed by atoms with Crippen LogP contribution >= 0.6 is 0 Å². The third-order valence-corrected chi connectivity index (χ3v) is 5.26. The summed E-state index contributed by atoms with van der Waals surface area (Å²) in [7, 11) is 0. The summed E-state index contributed by atoms with van der Waals surface area (Å²) in [5.74, 6) is -1.70. The molecular weight excluding hydrogens is 314 g/mol. The molecular formula is C17H14NO6-. The average Bonchev–Trinajstić information content (AvgIpc) is 3.28. The predicted molar refractivity (Wildman–Crippen MR) is 76.7 cm³/mol. The van der Waals surface area contributed by atoms with E-state index in [1.165, 1.54) is 0 Å². The number of aliphatic carboxylic acids is 1. The molecule has 2 bridgehead atoms. The van der Waals surface area contributed by atoms with E-state index in [9.17, 15) is 14.7 Å². The second kappa shape index (κ2) is 4.51. The van der Waals surface area contributed by atoms with Gasteiger partial charge in [-0.25, -0.2) is 0 Å². The first-order valence-electron chi connectivity index (χ1n) is 7.83. The minimum absolute atomic E-state index is 0.194. The number of carboxylic acid groups (broad SMARTS) is 1. The van der Waals surface area contributed by atoms with Crippen molar-refractivity contribution >= 4 is 11.9 Å². The maximum Gasteiger partial charge on any atom is 0.231 e. The number of carboxylic acids is 1. The first-order chi connectivity index (χ1) is 11.6. The van der Waals surface area contributed by atoms with Crippen LogP contribution in [-0.4, -0.2) is 41.8 Å². The van der Waals surface area contributed by atoms with E-state index >= 15 is 0 Å². The molecule has 7 nitrogen and oxygen atoms in total. The highest BCUT2D eigenvalue weighted by atomic mass is 16.7. The number of amides is 1. The van der Waals surface area contributed by atoms with Crippen molar-refractivity contribution in [2.24, 2.45) is 11.8 Å². The Morgan fingerprint density at radius 3 is 3.00 bits per heavy atom. The zero-order chi connectivity index (χ0) is 16.5. The Balaban J connectivity index is 1.42. The van der Waals surface area contributed by atoms with E-state index < -0.39 is 29.5 Å². The van der Waals surface area contributed by atoms with Crippen molar-refractivity contribution < 1.29 is 28.9 Å². The molecule has 0 saturated carbocycles. The van der Waals surface area contributed by atoms with Crippen molar-refractivity contribution in [3.8, 4) is 11.5 Å². The molecule has 2 fully saturated rings. The Kier molecular flexibility index (Phi) is 2.60. The van der Waals surface area contributed by atoms with Crippen LogP contribution in [0.2, 0.25) is 0 Å². The Morgan fingerprint density at radius 2 is 2.17 bits per heavy atom. The summed E-state index contributed by atoms with van der Waals surface area (Å²) < 4.78 is 16.5. The molecule has 1 aromatic carbocycles. The van der Waals surface area contributed by atoms with E-state index in [4.69, 9.17) is 14.2 Å². The van der Waals surface area contributed by atoms with E-state index in [1.807, 2.05) is 24.3 Å². The van der Waals surface area contributed by atoms with Crippen LogP contribution in [0, 0.1) is 11.8 Å². The number of ether oxygens (including phenoxy) is 3. The van der Waals surface area contributed by atoms with Gasteiger partial charge in [-0.05, 0) is 17.7 Å². The standard InChI is InChI=1S/C17H15NO6/c19-15-14-13(16(20)21)11-3-4-17(14,24-11)7-18(15)6-9-1-2-10-12(5-9)23-8-22-10/h1-5,11,13-14H,6-8H2,(H,20,21)/p-1/t11-,13-,14+,17+/m0/s1. The van der Waals surface area contributed by atoms with E-state index in [-0.39, 0.29) is 12.7 Å². The summed E-state index contributed by atoms with van der Waals surface area (Å²) in [5.41, 5.74) is 0.0653. The van der Waals surface area contributed by atoms with Gasteiger partial charge >= 0.3 is 0 Å². The number of benzene rings is 1. The Morgan fingerprint density at radius 1 is 1.33 bits per heavy atom. The number of carbonyl (C=O) groups excluding carboxylic acids is 2. The van der Waals surface area contributed by atoms with Crippen molar-refractivity contribution in [1.82, 2.24) is 4.90 Å². The van der Waals surface area contributed by atoms with E-state index in [2.05, 4.69) is 0 Å². The summed E-state index contributed by atoms with van der Waals surface area (Å²) in [6.45, 7) is 0.914. The molecule has 0 aromatic heterocycles. The van der Waals surface area contributed by atoms with Crippen molar-refractivity contribution in [1.29, 1.82) is 0 Å². The highest BCUT2D eigenvalue weighted by Crippen LogP contribution is 2.51. The maximum atomic E-state index is 12.8. The SMILES string of the molecule is O=C([O-])[C@H]1[C@@H]2C=C[C@]3(CN(Cc4ccc5c(c4)OCO5)C(=O)[C@@H]13)O2. The van der Waals surface area contributed by atoms with Crippen LogP contribution in [-0.2, 0) is 20.9 Å². The zero-order valence-electron chi connectivity index (χ0n) is 12.6. The lowest BCUT2D eigenvalue weighted by Gasteiger charge is -2.24. The van der Waals surface area contributed by atoms with Gasteiger partial charge in [0.1, 0.15) is 5.60 Å². The van der Waals surface area contributed by atoms with Gasteiger partial charge in [0.15, 0.2) is 11.5 Å². The molecule has 4 aliphatic rings. The quantitative estimate of drug-likeness (QED) is 0.692. The molecule has 4 atom stereocenters. The number of likely N-dealkylation sites (tertiary alicyclic amines) is 1. The zero-order valence-corrected chi connectivity index (χ0v) is 12.6. The van der Waals surface area contributed by atoms with Crippen LogP contribution in [0.15, 0.2) is 30.4 Å². The molecule has 4 aliphatic heterocycles. The Labute approximate surface area is 137 Å². The third kappa shape index (κ3) is 1.70. The van der Waals surface area contributed by atoms with E-state index in [1.54, 1.807) is 11.0 Å². The monoisotopic (exact) mass is 328 g/mol. The number of rotatable bonds is 3. The minimum Gasteiger partial charge on any atom is -0.550 e. The fourth-order valence-electron chi connectivity index (χ4n) is 4.24. The molecule has 0 N–H and O–H groups in total. The van der Waals surface area contributed by atoms with Gasteiger partial charge in [0.2, 0.25) is 12.7 Å². The lowest BCUT2D eigenvalue weighted by Crippen LogP contribution is -2.45. The molecule has 4 heterocycles. The second-order valence-electron chi connectivity index (χ2n) is 6.60. The summed E-state index contributed by atoms with van der Waals surface area (Å²) in [6, 6.07) is 5.52. The number of hydrogen-bond acceptors (Lipinski definition) is 6. The van der Waals surface area contributed by atoms with Crippen molar-refractivity contribution in [3.05, 3.63) is 35.9 Å². The number of fused-ring (bicyclic) bond motifs is 2. The van der Waals surface area contributed by atoms with Gasteiger partial charge in [0.05, 0.1) is 18.6 Å². The van der Waals surface area contributed by atoms with Crippen molar-refractivity contribution in [3.63, 3.8) is 0 Å². The Hall–Kier alpha value is -2.54. The molecule has 1 amide bonds. The van der Waals surface area contributed by atoms with Gasteiger partial charge in [-0.15, -0.1) is 0 Å². The molecule has 0 aliphatic carbocycles. The fraction of sp³-hybridized carbons (Fsp3) is 0.412. The Bertz CT molecular complexity index is 789. The number of nitrogens with zero attached hydrogens (tertiary/aromatic N) is 1. The number of carbonyl (C=O) groups is 2. The summed E-state index contributed by atoms with van der Waals surface area (Å²) in [4.78, 5) is 25.9. The van der Waals surface area contributed by atoms with Gasteiger partial charge in [-0.2, -0.15) is 0 Å². The van der Waals surface area contributed by atoms with Gasteiger partial charge in [-0.1, -0.05) is 18.2 Å². The molecule has 5 rings (SSSR count). The fourth-order valence-corrected chi connectivity index (χ4v) is 4.24. The van der Waals surface area contributed by atoms with Crippen LogP contribution in [0.3, 0.4) is 0 Å². The molecule has 24 heavy (non-hydrogen) atoms. The van der Waals surface area contributed by atoms with Crippen LogP contribution in [0.4, 0.5) is 0 Å². The summed E-state index contributed by atoms with van der Waals surface area (Å²) in [6.07, 6.45) is 3.00. The van der Waals surface area contributed by atoms with Crippen molar-refractivity contribution in [2.75, 3.05) is 13.3 Å². The lowest BCUT2D eigenvalue weighted by atomic mass is 9.77. The van der Waals surface area contributed by atoms with Crippen LogP contribution < -0.4 is 14.6 Å². The second-order valence-corrected chi connectivity index (χ2v) is 6.60. The van der Waals surface area contributed by atoms with Gasteiger partial charge < -0.3 is 29.0 Å². The minimum atomic E-state index is -1.23. The summed E-state index contributed by atoms with van der Waals surface area (Å²) in [5, 5.41) is 11.4. The highest BCUT2D eigenvalue weighted by molar-refractivity contribution is 5.90. The lowest BCUT2D eigenvalue weighted by molar-refractivity contribution is -0.313. The van der Waals surface area contributed by atoms with Gasteiger partial charge in [0, 0.05) is 18.4 Å². The molecule has 1 spiro atoms. The average molecular weight is 328 g/mol. The molecule has 0 radical (unpaired) electrons. The van der Waals surface area contributed by atoms with E-state index in [0.717, 1.165) is 5.56 Å². The molecule has 0 unspecified atom stereocenters. The highest BCUT2D eigenvalue weighted by Gasteiger charge is 2.65. The summed E-state index contributed by atoms with van der Waals surface area (Å²) >= 11 is 0. The van der Waals surface area contributed by atoms with Crippen LogP contribution in [0.1, 0.15) is 5.56 Å². The molecule has 2 saturated heterocycles. The first kappa shape index (κ1) is 13.9. The first-order valence-corrected chi connectivity index (χ1v) is 7.83. The van der Waals surface area contributed by atoms with Gasteiger partial charge in [0.25, 0.3) is 0 Å². The largest absolute Gasteiger partial charge is 0.550 e. The topological polar surface area (TPSA) is 88.1 Å². The van der Waals surface area contributed by atoms with Crippen molar-refractivity contribution in [2.45, 2.75) is 18.2 Å². The normalized spacial score (nSPS) is 34.9. The van der Waals surface area contributed by atoms with Crippen LogP contribution in [0.5, 0.6) is 11.5 Å². The predicted octanol–water partition coefficient (Wildman–Crippen LogP) is -0.553. The molecule has 1 aromatic rings. The number of hydrogen-bond donors (Lipinski definition) is 0. The smallest absolute Gasteiger partial charge is 0.231 e. The maximum absolute atomic E-state index is 12.8. The molecule has 7 heteroatoms. The van der Waals surface area contributed by atoms with Crippen LogP contribution in [0.25, 0.3) is 0 Å². The third-order valence-electron chi connectivity index (χ3n) is 5.26. The molecule has 124 valence electrons.